The first-order valence-corrected chi connectivity index (χ1v) is 8.67. The fourth-order valence-corrected chi connectivity index (χ4v) is 2.60. The first-order valence-electron chi connectivity index (χ1n) is 8.67. The van der Waals surface area contributed by atoms with E-state index in [-0.39, 0.29) is 18.3 Å². The van der Waals surface area contributed by atoms with Crippen molar-refractivity contribution in [3.05, 3.63) is 42.2 Å². The van der Waals surface area contributed by atoms with E-state index in [4.69, 9.17) is 14.0 Å². The number of hydrogen-bond donors (Lipinski definition) is 0. The third kappa shape index (κ3) is 3.76. The Morgan fingerprint density at radius 3 is 2.28 bits per heavy atom. The second-order valence-corrected chi connectivity index (χ2v) is 7.27. The minimum Gasteiger partial charge on any atom is -0.399 e. The molecule has 0 radical (unpaired) electrons. The van der Waals surface area contributed by atoms with Crippen LogP contribution in [0.2, 0.25) is 0 Å². The van der Waals surface area contributed by atoms with Crippen molar-refractivity contribution in [1.82, 2.24) is 9.97 Å². The summed E-state index contributed by atoms with van der Waals surface area (Å²) in [5.74, 6) is 0.679. The van der Waals surface area contributed by atoms with Crippen LogP contribution in [0.1, 0.15) is 40.2 Å². The second kappa shape index (κ2) is 6.86. The number of nitrogens with zero attached hydrogens (tertiary/aromatic N) is 2. The second-order valence-electron chi connectivity index (χ2n) is 7.27. The molecular weight excluding hydrogens is 315 g/mol. The van der Waals surface area contributed by atoms with E-state index < -0.39 is 0 Å². The highest BCUT2D eigenvalue weighted by atomic mass is 16.7. The van der Waals surface area contributed by atoms with Crippen LogP contribution >= 0.6 is 0 Å². The number of ether oxygens (including phenoxy) is 1. The Hall–Kier alpha value is -1.76. The molecule has 0 unspecified atom stereocenters. The molecule has 0 N–H and O–H groups in total. The molecule has 1 aliphatic heterocycles. The van der Waals surface area contributed by atoms with Gasteiger partial charge in [0.15, 0.2) is 5.82 Å². The quantitative estimate of drug-likeness (QED) is 0.784. The van der Waals surface area contributed by atoms with Crippen LogP contribution in [0.25, 0.3) is 11.4 Å². The summed E-state index contributed by atoms with van der Waals surface area (Å²) in [6, 6.07) is 8.01. The monoisotopic (exact) mass is 340 g/mol. The van der Waals surface area contributed by atoms with Gasteiger partial charge in [-0.2, -0.15) is 0 Å². The van der Waals surface area contributed by atoms with Crippen molar-refractivity contribution < 1.29 is 14.0 Å². The summed E-state index contributed by atoms with van der Waals surface area (Å²) in [5, 5.41) is 0. The first-order chi connectivity index (χ1) is 11.8. The smallest absolute Gasteiger partial charge is 0.399 e. The van der Waals surface area contributed by atoms with Crippen molar-refractivity contribution >= 4 is 12.6 Å². The Bertz CT molecular complexity index is 716. The number of rotatable bonds is 5. The lowest BCUT2D eigenvalue weighted by Gasteiger charge is -2.32. The average Bonchev–Trinajstić information content (AvgIpc) is 2.81. The normalized spacial score (nSPS) is 18.5. The topological polar surface area (TPSA) is 53.5 Å². The SMILES string of the molecule is CCOCc1cnc(-c2cccc(B3OC(C)(C)C(C)(C)O3)c2)nc1. The summed E-state index contributed by atoms with van der Waals surface area (Å²) in [6.07, 6.45) is 3.61. The first kappa shape index (κ1) is 18.0. The third-order valence-electron chi connectivity index (χ3n) is 4.85. The maximum Gasteiger partial charge on any atom is 0.494 e. The summed E-state index contributed by atoms with van der Waals surface area (Å²) in [5.41, 5.74) is 2.16. The maximum atomic E-state index is 6.12. The molecule has 3 rings (SSSR count). The molecule has 0 saturated carbocycles. The number of aromatic nitrogens is 2. The summed E-state index contributed by atoms with van der Waals surface area (Å²) in [4.78, 5) is 8.91. The van der Waals surface area contributed by atoms with Gasteiger partial charge in [-0.25, -0.2) is 9.97 Å². The lowest BCUT2D eigenvalue weighted by atomic mass is 9.78. The lowest BCUT2D eigenvalue weighted by Crippen LogP contribution is -2.41. The molecule has 5 nitrogen and oxygen atoms in total. The van der Waals surface area contributed by atoms with E-state index in [1.807, 2.05) is 31.2 Å². The molecule has 0 spiro atoms. The molecule has 2 aromatic rings. The summed E-state index contributed by atoms with van der Waals surface area (Å²) >= 11 is 0. The van der Waals surface area contributed by atoms with E-state index in [1.165, 1.54) is 0 Å². The van der Waals surface area contributed by atoms with Crippen molar-refractivity contribution in [2.24, 2.45) is 0 Å². The van der Waals surface area contributed by atoms with E-state index in [2.05, 4.69) is 37.7 Å². The van der Waals surface area contributed by atoms with Gasteiger partial charge in [0.25, 0.3) is 0 Å². The summed E-state index contributed by atoms with van der Waals surface area (Å²) < 4.78 is 17.6. The molecule has 25 heavy (non-hydrogen) atoms. The van der Waals surface area contributed by atoms with Gasteiger partial charge in [-0.05, 0) is 40.1 Å². The molecule has 1 fully saturated rings. The molecule has 132 valence electrons. The summed E-state index contributed by atoms with van der Waals surface area (Å²) in [6.45, 7) is 11.4. The Balaban J connectivity index is 1.80. The zero-order valence-corrected chi connectivity index (χ0v) is 15.6. The van der Waals surface area contributed by atoms with Crippen LogP contribution in [-0.2, 0) is 20.7 Å². The van der Waals surface area contributed by atoms with Crippen LogP contribution in [0.5, 0.6) is 0 Å². The Labute approximate surface area is 149 Å². The van der Waals surface area contributed by atoms with Crippen LogP contribution in [0.4, 0.5) is 0 Å². The fourth-order valence-electron chi connectivity index (χ4n) is 2.60. The van der Waals surface area contributed by atoms with Crippen molar-refractivity contribution in [3.8, 4) is 11.4 Å². The Morgan fingerprint density at radius 2 is 1.68 bits per heavy atom. The minimum atomic E-state index is -0.387. The van der Waals surface area contributed by atoms with Crippen LogP contribution in [0, 0.1) is 0 Å². The maximum absolute atomic E-state index is 6.12. The van der Waals surface area contributed by atoms with Gasteiger partial charge in [0, 0.05) is 30.1 Å². The van der Waals surface area contributed by atoms with Gasteiger partial charge in [-0.1, -0.05) is 24.3 Å². The average molecular weight is 340 g/mol. The Kier molecular flexibility index (Phi) is 4.96. The third-order valence-corrected chi connectivity index (χ3v) is 4.85. The van der Waals surface area contributed by atoms with E-state index in [9.17, 15) is 0 Å². The molecule has 0 aliphatic carbocycles. The Morgan fingerprint density at radius 1 is 1.04 bits per heavy atom. The fraction of sp³-hybridized carbons (Fsp3) is 0.474. The zero-order valence-electron chi connectivity index (χ0n) is 15.6. The molecule has 0 amide bonds. The van der Waals surface area contributed by atoms with E-state index in [0.717, 1.165) is 16.6 Å². The minimum absolute atomic E-state index is 0.356. The van der Waals surface area contributed by atoms with Crippen molar-refractivity contribution in [2.45, 2.75) is 52.4 Å². The number of benzene rings is 1. The van der Waals surface area contributed by atoms with Crippen molar-refractivity contribution in [3.63, 3.8) is 0 Å². The van der Waals surface area contributed by atoms with Gasteiger partial charge in [-0.15, -0.1) is 0 Å². The molecule has 0 bridgehead atoms. The van der Waals surface area contributed by atoms with Crippen LogP contribution < -0.4 is 5.46 Å². The molecule has 1 aromatic carbocycles. The predicted octanol–water partition coefficient (Wildman–Crippen LogP) is 2.98. The van der Waals surface area contributed by atoms with Crippen LogP contribution in [0.3, 0.4) is 0 Å². The number of hydrogen-bond acceptors (Lipinski definition) is 5. The van der Waals surface area contributed by atoms with Gasteiger partial charge in [0.1, 0.15) is 0 Å². The van der Waals surface area contributed by atoms with Crippen LogP contribution in [0.15, 0.2) is 36.7 Å². The largest absolute Gasteiger partial charge is 0.494 e. The molecule has 1 aliphatic rings. The van der Waals surface area contributed by atoms with E-state index >= 15 is 0 Å². The van der Waals surface area contributed by atoms with Gasteiger partial charge < -0.3 is 14.0 Å². The molecule has 1 saturated heterocycles. The standard InChI is InChI=1S/C19H25BN2O3/c1-6-23-13-14-11-21-17(22-12-14)15-8-7-9-16(10-15)20-24-18(2,3)19(4,5)25-20/h7-12H,6,13H2,1-5H3. The molecule has 1 aromatic heterocycles. The van der Waals surface area contributed by atoms with Gasteiger partial charge >= 0.3 is 7.12 Å². The molecule has 0 atom stereocenters. The zero-order chi connectivity index (χ0) is 18.1. The van der Waals surface area contributed by atoms with Gasteiger partial charge in [-0.3, -0.25) is 0 Å². The van der Waals surface area contributed by atoms with E-state index in [1.54, 1.807) is 12.4 Å². The molecule has 6 heteroatoms. The summed E-state index contributed by atoms with van der Waals surface area (Å²) in [7, 11) is -0.387. The van der Waals surface area contributed by atoms with Gasteiger partial charge in [0.05, 0.1) is 17.8 Å². The highest BCUT2D eigenvalue weighted by molar-refractivity contribution is 6.62. The molecular formula is C19H25BN2O3. The highest BCUT2D eigenvalue weighted by Gasteiger charge is 2.51. The van der Waals surface area contributed by atoms with Crippen molar-refractivity contribution in [1.29, 1.82) is 0 Å². The van der Waals surface area contributed by atoms with E-state index in [0.29, 0.717) is 19.0 Å². The van der Waals surface area contributed by atoms with Crippen LogP contribution in [-0.4, -0.2) is 34.9 Å². The predicted molar refractivity (Wildman–Crippen MR) is 98.5 cm³/mol. The lowest BCUT2D eigenvalue weighted by molar-refractivity contribution is 0.00578. The molecule has 2 heterocycles. The van der Waals surface area contributed by atoms with Crippen molar-refractivity contribution in [2.75, 3.05) is 6.61 Å². The van der Waals surface area contributed by atoms with Gasteiger partial charge in [0.2, 0.25) is 0 Å². The highest BCUT2D eigenvalue weighted by Crippen LogP contribution is 2.36.